The molecule has 2 aromatic carbocycles. The minimum atomic E-state index is 0.0940. The van der Waals surface area contributed by atoms with Gasteiger partial charge in [0.1, 0.15) is 0 Å². The highest BCUT2D eigenvalue weighted by Gasteiger charge is 2.43. The second-order valence-corrected chi connectivity index (χ2v) is 8.04. The second kappa shape index (κ2) is 5.73. The molecule has 0 saturated carbocycles. The number of aromatic nitrogens is 1. The van der Waals surface area contributed by atoms with Gasteiger partial charge in [0.15, 0.2) is 0 Å². The molecule has 0 bridgehead atoms. The predicted molar refractivity (Wildman–Crippen MR) is 102 cm³/mol. The van der Waals surface area contributed by atoms with Crippen LogP contribution in [0.4, 0.5) is 0 Å². The lowest BCUT2D eigenvalue weighted by Crippen LogP contribution is -2.35. The van der Waals surface area contributed by atoms with Crippen molar-refractivity contribution in [3.8, 4) is 0 Å². The third kappa shape index (κ3) is 2.43. The lowest BCUT2D eigenvalue weighted by molar-refractivity contribution is -0.132. The third-order valence-corrected chi connectivity index (χ3v) is 6.17. The van der Waals surface area contributed by atoms with Gasteiger partial charge in [0.2, 0.25) is 5.91 Å². The van der Waals surface area contributed by atoms with Crippen LogP contribution < -0.4 is 0 Å². The Hall–Kier alpha value is -2.07. The van der Waals surface area contributed by atoms with E-state index in [4.69, 9.17) is 0 Å². The molecule has 2 aliphatic rings. The summed E-state index contributed by atoms with van der Waals surface area (Å²) in [5.41, 5.74) is 5.07. The summed E-state index contributed by atoms with van der Waals surface area (Å²) in [6.07, 6.45) is 2.69. The van der Waals surface area contributed by atoms with E-state index in [1.165, 1.54) is 27.7 Å². The van der Waals surface area contributed by atoms with Gasteiger partial charge in [-0.15, -0.1) is 0 Å². The quantitative estimate of drug-likeness (QED) is 0.676. The van der Waals surface area contributed by atoms with E-state index in [0.29, 0.717) is 5.91 Å². The minimum absolute atomic E-state index is 0.0940. The number of carbonyl (C=O) groups excluding carboxylic acids is 1. The van der Waals surface area contributed by atoms with Crippen LogP contribution in [0.1, 0.15) is 29.3 Å². The molecule has 1 fully saturated rings. The molecule has 2 atom stereocenters. The second-order valence-electron chi connectivity index (χ2n) is 7.13. The van der Waals surface area contributed by atoms with Crippen molar-refractivity contribution in [2.24, 2.45) is 5.92 Å². The monoisotopic (exact) mass is 394 g/mol. The Bertz CT molecular complexity index is 963. The lowest BCUT2D eigenvalue weighted by atomic mass is 9.93. The average molecular weight is 395 g/mol. The summed E-state index contributed by atoms with van der Waals surface area (Å²) in [4.78, 5) is 18.6. The number of amides is 1. The molecule has 0 spiro atoms. The lowest BCUT2D eigenvalue weighted by Gasteiger charge is -2.29. The van der Waals surface area contributed by atoms with Crippen molar-refractivity contribution in [1.29, 1.82) is 0 Å². The maximum absolute atomic E-state index is 12.9. The van der Waals surface area contributed by atoms with Gasteiger partial charge in [0.25, 0.3) is 0 Å². The zero-order valence-electron chi connectivity index (χ0n) is 13.8. The van der Waals surface area contributed by atoms with Crippen molar-refractivity contribution in [1.82, 2.24) is 9.88 Å². The molecule has 4 heteroatoms. The molecule has 1 saturated heterocycles. The highest BCUT2D eigenvalue weighted by Crippen LogP contribution is 2.44. The Morgan fingerprint density at radius 3 is 2.84 bits per heavy atom. The number of nitrogens with one attached hydrogen (secondary N) is 1. The SMILES string of the molecule is O=C1[C@@H](Cc2ccccc2)C[C@H]2c3[nH]c4ccc(Br)cc4c3CCN12. The highest BCUT2D eigenvalue weighted by molar-refractivity contribution is 9.10. The predicted octanol–water partition coefficient (Wildman–Crippen LogP) is 4.62. The van der Waals surface area contributed by atoms with Crippen LogP contribution in [0.5, 0.6) is 0 Å². The first kappa shape index (κ1) is 15.2. The van der Waals surface area contributed by atoms with E-state index in [-0.39, 0.29) is 12.0 Å². The van der Waals surface area contributed by atoms with E-state index < -0.39 is 0 Å². The molecule has 3 heterocycles. The van der Waals surface area contributed by atoms with Gasteiger partial charge in [0, 0.05) is 33.5 Å². The van der Waals surface area contributed by atoms with E-state index in [0.717, 1.165) is 30.3 Å². The number of rotatable bonds is 2. The third-order valence-electron chi connectivity index (χ3n) is 5.68. The average Bonchev–Trinajstić information content (AvgIpc) is 3.14. The summed E-state index contributed by atoms with van der Waals surface area (Å²) in [7, 11) is 0. The molecule has 0 radical (unpaired) electrons. The van der Waals surface area contributed by atoms with E-state index in [1.807, 2.05) is 6.07 Å². The summed E-state index contributed by atoms with van der Waals surface area (Å²) in [5, 5.41) is 1.29. The van der Waals surface area contributed by atoms with Crippen LogP contribution in [-0.2, 0) is 17.6 Å². The van der Waals surface area contributed by atoms with Crippen LogP contribution in [0.15, 0.2) is 53.0 Å². The van der Waals surface area contributed by atoms with Crippen molar-refractivity contribution < 1.29 is 4.79 Å². The van der Waals surface area contributed by atoms with Gasteiger partial charge in [-0.05, 0) is 48.6 Å². The number of halogens is 1. The van der Waals surface area contributed by atoms with Crippen molar-refractivity contribution >= 4 is 32.7 Å². The Balaban J connectivity index is 1.50. The molecule has 25 heavy (non-hydrogen) atoms. The Labute approximate surface area is 155 Å². The summed E-state index contributed by atoms with van der Waals surface area (Å²) < 4.78 is 1.11. The summed E-state index contributed by atoms with van der Waals surface area (Å²) in [5.74, 6) is 0.413. The first-order chi connectivity index (χ1) is 12.2. The van der Waals surface area contributed by atoms with Gasteiger partial charge < -0.3 is 9.88 Å². The number of H-pyrrole nitrogens is 1. The zero-order valence-corrected chi connectivity index (χ0v) is 15.4. The van der Waals surface area contributed by atoms with E-state index in [2.05, 4.69) is 68.3 Å². The Morgan fingerprint density at radius 1 is 1.16 bits per heavy atom. The molecule has 0 aliphatic carbocycles. The van der Waals surface area contributed by atoms with Gasteiger partial charge in [-0.3, -0.25) is 4.79 Å². The molecular weight excluding hydrogens is 376 g/mol. The summed E-state index contributed by atoms with van der Waals surface area (Å²) in [6.45, 7) is 0.835. The maximum atomic E-state index is 12.9. The van der Waals surface area contributed by atoms with Crippen molar-refractivity contribution in [2.75, 3.05) is 6.54 Å². The van der Waals surface area contributed by atoms with Crippen LogP contribution in [0, 0.1) is 5.92 Å². The number of fused-ring (bicyclic) bond motifs is 5. The van der Waals surface area contributed by atoms with Crippen LogP contribution in [0.3, 0.4) is 0 Å². The first-order valence-corrected chi connectivity index (χ1v) is 9.64. The van der Waals surface area contributed by atoms with Crippen LogP contribution >= 0.6 is 15.9 Å². The molecule has 3 nitrogen and oxygen atoms in total. The fourth-order valence-corrected chi connectivity index (χ4v) is 4.88. The van der Waals surface area contributed by atoms with Crippen molar-refractivity contribution in [3.05, 3.63) is 69.8 Å². The van der Waals surface area contributed by atoms with Gasteiger partial charge in [-0.1, -0.05) is 46.3 Å². The number of nitrogens with zero attached hydrogens (tertiary/aromatic N) is 1. The number of hydrogen-bond donors (Lipinski definition) is 1. The summed E-state index contributed by atoms with van der Waals surface area (Å²) >= 11 is 3.58. The molecule has 126 valence electrons. The van der Waals surface area contributed by atoms with Crippen LogP contribution in [-0.4, -0.2) is 22.3 Å². The van der Waals surface area contributed by atoms with Crippen molar-refractivity contribution in [2.45, 2.75) is 25.3 Å². The summed E-state index contributed by atoms with van der Waals surface area (Å²) in [6, 6.07) is 17.0. The molecule has 5 rings (SSSR count). The molecule has 1 N–H and O–H groups in total. The fourth-order valence-electron chi connectivity index (χ4n) is 4.52. The molecular formula is C21H19BrN2O. The van der Waals surface area contributed by atoms with E-state index in [9.17, 15) is 4.79 Å². The van der Waals surface area contributed by atoms with Gasteiger partial charge in [-0.25, -0.2) is 0 Å². The first-order valence-electron chi connectivity index (χ1n) is 8.85. The maximum Gasteiger partial charge on any atom is 0.226 e. The van der Waals surface area contributed by atoms with Crippen LogP contribution in [0.2, 0.25) is 0 Å². The molecule has 1 aromatic heterocycles. The number of hydrogen-bond acceptors (Lipinski definition) is 1. The number of benzene rings is 2. The van der Waals surface area contributed by atoms with Gasteiger partial charge in [0.05, 0.1) is 6.04 Å². The standard InChI is InChI=1S/C21H19BrN2O/c22-15-6-7-18-17(12-15)16-8-9-24-19(20(16)23-18)11-14(21(24)25)10-13-4-2-1-3-5-13/h1-7,12,14,19,23H,8-11H2/t14-,19-/m0/s1. The number of carbonyl (C=O) groups is 1. The van der Waals surface area contributed by atoms with Gasteiger partial charge >= 0.3 is 0 Å². The highest BCUT2D eigenvalue weighted by atomic mass is 79.9. The molecule has 1 amide bonds. The van der Waals surface area contributed by atoms with Gasteiger partial charge in [-0.2, -0.15) is 0 Å². The smallest absolute Gasteiger partial charge is 0.226 e. The van der Waals surface area contributed by atoms with E-state index >= 15 is 0 Å². The molecule has 2 aliphatic heterocycles. The molecule has 0 unspecified atom stereocenters. The normalized spacial score (nSPS) is 22.3. The largest absolute Gasteiger partial charge is 0.356 e. The van der Waals surface area contributed by atoms with Crippen LogP contribution in [0.25, 0.3) is 10.9 Å². The van der Waals surface area contributed by atoms with E-state index in [1.54, 1.807) is 0 Å². The minimum Gasteiger partial charge on any atom is -0.356 e. The molecule has 3 aromatic rings. The number of aromatic amines is 1. The zero-order chi connectivity index (χ0) is 17.0. The van der Waals surface area contributed by atoms with Crippen molar-refractivity contribution in [3.63, 3.8) is 0 Å². The topological polar surface area (TPSA) is 36.1 Å². The Kier molecular flexibility index (Phi) is 3.49. The Morgan fingerprint density at radius 2 is 2.00 bits per heavy atom. The fraction of sp³-hybridized carbons (Fsp3) is 0.286.